The first kappa shape index (κ1) is 22.9. The molecule has 1 fully saturated rings. The summed E-state index contributed by atoms with van der Waals surface area (Å²) in [4.78, 5) is 26.8. The minimum Gasteiger partial charge on any atom is -0.466 e. The van der Waals surface area contributed by atoms with Crippen molar-refractivity contribution >= 4 is 11.9 Å². The zero-order valence-corrected chi connectivity index (χ0v) is 18.7. The SMILES string of the molecule is CCOC(=O)C1CCCN(/C=C(/C#N)C(=O)NC(CC)c2ccc3c(c2)CCCC3)C1. The van der Waals surface area contributed by atoms with Crippen LogP contribution in [0.2, 0.25) is 0 Å². The van der Waals surface area contributed by atoms with E-state index >= 15 is 0 Å². The van der Waals surface area contributed by atoms with Crippen molar-refractivity contribution in [2.75, 3.05) is 19.7 Å². The predicted molar refractivity (Wildman–Crippen MR) is 119 cm³/mol. The summed E-state index contributed by atoms with van der Waals surface area (Å²) < 4.78 is 5.13. The van der Waals surface area contributed by atoms with Gasteiger partial charge in [-0.15, -0.1) is 0 Å². The number of ether oxygens (including phenoxy) is 1. The number of rotatable bonds is 7. The van der Waals surface area contributed by atoms with E-state index in [1.165, 1.54) is 24.0 Å². The predicted octanol–water partition coefficient (Wildman–Crippen LogP) is 3.82. The van der Waals surface area contributed by atoms with Crippen molar-refractivity contribution in [1.82, 2.24) is 10.2 Å². The van der Waals surface area contributed by atoms with Gasteiger partial charge in [-0.1, -0.05) is 25.1 Å². The number of nitriles is 1. The van der Waals surface area contributed by atoms with Crippen LogP contribution < -0.4 is 5.32 Å². The molecule has 1 aliphatic heterocycles. The van der Waals surface area contributed by atoms with Crippen LogP contribution in [0.3, 0.4) is 0 Å². The Labute approximate surface area is 185 Å². The van der Waals surface area contributed by atoms with E-state index in [4.69, 9.17) is 4.74 Å². The third-order valence-electron chi connectivity index (χ3n) is 6.24. The van der Waals surface area contributed by atoms with E-state index < -0.39 is 0 Å². The largest absolute Gasteiger partial charge is 0.466 e. The Morgan fingerprint density at radius 1 is 1.26 bits per heavy atom. The van der Waals surface area contributed by atoms with Gasteiger partial charge in [-0.3, -0.25) is 9.59 Å². The lowest BCUT2D eigenvalue weighted by molar-refractivity contribution is -0.149. The van der Waals surface area contributed by atoms with Crippen LogP contribution in [0.1, 0.15) is 68.7 Å². The lowest BCUT2D eigenvalue weighted by atomic mass is 9.88. The van der Waals surface area contributed by atoms with Crippen molar-refractivity contribution in [1.29, 1.82) is 5.26 Å². The van der Waals surface area contributed by atoms with Gasteiger partial charge in [-0.25, -0.2) is 0 Å². The zero-order valence-electron chi connectivity index (χ0n) is 18.7. The van der Waals surface area contributed by atoms with Gasteiger partial charge in [0.05, 0.1) is 18.6 Å². The molecule has 6 heteroatoms. The van der Waals surface area contributed by atoms with Crippen molar-refractivity contribution in [3.05, 3.63) is 46.7 Å². The summed E-state index contributed by atoms with van der Waals surface area (Å²) in [6.07, 6.45) is 8.61. The highest BCUT2D eigenvalue weighted by molar-refractivity contribution is 5.97. The highest BCUT2D eigenvalue weighted by Crippen LogP contribution is 2.26. The number of amides is 1. The summed E-state index contributed by atoms with van der Waals surface area (Å²) in [7, 11) is 0. The number of aryl methyl sites for hydroxylation is 2. The number of esters is 1. The van der Waals surface area contributed by atoms with Crippen LogP contribution in [0, 0.1) is 17.2 Å². The molecule has 1 heterocycles. The molecule has 3 rings (SSSR count). The normalized spacial score (nSPS) is 19.7. The average molecular weight is 424 g/mol. The molecule has 1 aliphatic carbocycles. The summed E-state index contributed by atoms with van der Waals surface area (Å²) in [6.45, 7) is 5.38. The third-order valence-corrected chi connectivity index (χ3v) is 6.24. The van der Waals surface area contributed by atoms with Crippen LogP contribution in [0.5, 0.6) is 0 Å². The first-order valence-electron chi connectivity index (χ1n) is 11.5. The van der Waals surface area contributed by atoms with Gasteiger partial charge in [0.1, 0.15) is 11.6 Å². The van der Waals surface area contributed by atoms with E-state index in [0.717, 1.165) is 44.2 Å². The second kappa shape index (κ2) is 11.0. The molecular formula is C25H33N3O3. The Morgan fingerprint density at radius 3 is 2.74 bits per heavy atom. The maximum Gasteiger partial charge on any atom is 0.310 e. The molecule has 31 heavy (non-hydrogen) atoms. The van der Waals surface area contributed by atoms with E-state index in [9.17, 15) is 14.9 Å². The first-order valence-corrected chi connectivity index (χ1v) is 11.5. The second-order valence-electron chi connectivity index (χ2n) is 8.41. The number of piperidine rings is 1. The van der Waals surface area contributed by atoms with Crippen molar-refractivity contribution in [2.24, 2.45) is 5.92 Å². The molecule has 1 aromatic carbocycles. The molecule has 0 bridgehead atoms. The van der Waals surface area contributed by atoms with Gasteiger partial charge in [0.2, 0.25) is 0 Å². The number of nitrogens with one attached hydrogen (secondary N) is 1. The van der Waals surface area contributed by atoms with Crippen molar-refractivity contribution < 1.29 is 14.3 Å². The fourth-order valence-electron chi connectivity index (χ4n) is 4.52. The maximum atomic E-state index is 12.9. The molecule has 0 saturated carbocycles. The summed E-state index contributed by atoms with van der Waals surface area (Å²) in [5, 5.41) is 12.6. The Bertz CT molecular complexity index is 871. The summed E-state index contributed by atoms with van der Waals surface area (Å²) >= 11 is 0. The lowest BCUT2D eigenvalue weighted by Gasteiger charge is -2.30. The molecule has 0 aromatic heterocycles. The van der Waals surface area contributed by atoms with Gasteiger partial charge in [0.15, 0.2) is 0 Å². The molecule has 6 nitrogen and oxygen atoms in total. The van der Waals surface area contributed by atoms with Gasteiger partial charge in [-0.2, -0.15) is 5.26 Å². The molecule has 1 saturated heterocycles. The minimum atomic E-state index is -0.370. The number of fused-ring (bicyclic) bond motifs is 1. The number of nitrogens with zero attached hydrogens (tertiary/aromatic N) is 2. The molecule has 2 atom stereocenters. The Morgan fingerprint density at radius 2 is 2.03 bits per heavy atom. The van der Waals surface area contributed by atoms with Crippen molar-refractivity contribution in [3.63, 3.8) is 0 Å². The molecular weight excluding hydrogens is 390 g/mol. The topological polar surface area (TPSA) is 82.4 Å². The van der Waals surface area contributed by atoms with Gasteiger partial charge in [0, 0.05) is 19.3 Å². The molecule has 166 valence electrons. The van der Waals surface area contributed by atoms with E-state index in [1.54, 1.807) is 13.1 Å². The summed E-state index contributed by atoms with van der Waals surface area (Å²) in [5.74, 6) is -0.792. The van der Waals surface area contributed by atoms with Crippen molar-refractivity contribution in [2.45, 2.75) is 64.8 Å². The lowest BCUT2D eigenvalue weighted by Crippen LogP contribution is -2.37. The Kier molecular flexibility index (Phi) is 8.11. The van der Waals surface area contributed by atoms with Crippen LogP contribution >= 0.6 is 0 Å². The maximum absolute atomic E-state index is 12.9. The number of hydrogen-bond acceptors (Lipinski definition) is 5. The number of benzene rings is 1. The molecule has 2 unspecified atom stereocenters. The number of carbonyl (C=O) groups is 2. The molecule has 2 aliphatic rings. The van der Waals surface area contributed by atoms with Crippen LogP contribution in [0.25, 0.3) is 0 Å². The highest BCUT2D eigenvalue weighted by Gasteiger charge is 2.27. The van der Waals surface area contributed by atoms with Crippen LogP contribution in [0.15, 0.2) is 30.0 Å². The summed E-state index contributed by atoms with van der Waals surface area (Å²) in [6, 6.07) is 8.41. The molecule has 0 radical (unpaired) electrons. The van der Waals surface area contributed by atoms with Gasteiger partial charge in [0.25, 0.3) is 5.91 Å². The van der Waals surface area contributed by atoms with Gasteiger partial charge < -0.3 is 15.0 Å². The fraction of sp³-hybridized carbons (Fsp3) is 0.560. The van der Waals surface area contributed by atoms with Crippen molar-refractivity contribution in [3.8, 4) is 6.07 Å². The van der Waals surface area contributed by atoms with E-state index in [2.05, 4.69) is 23.5 Å². The third kappa shape index (κ3) is 5.88. The number of hydrogen-bond donors (Lipinski definition) is 1. The molecule has 1 N–H and O–H groups in total. The van der Waals surface area contributed by atoms with Gasteiger partial charge in [-0.05, 0) is 68.6 Å². The number of carbonyl (C=O) groups excluding carboxylic acids is 2. The van der Waals surface area contributed by atoms with E-state index in [0.29, 0.717) is 13.2 Å². The molecule has 1 amide bonds. The van der Waals surface area contributed by atoms with Gasteiger partial charge >= 0.3 is 5.97 Å². The monoisotopic (exact) mass is 423 g/mol. The average Bonchev–Trinajstić information content (AvgIpc) is 2.80. The second-order valence-corrected chi connectivity index (χ2v) is 8.41. The number of likely N-dealkylation sites (tertiary alicyclic amines) is 1. The zero-order chi connectivity index (χ0) is 22.2. The minimum absolute atomic E-state index is 0.0703. The van der Waals surface area contributed by atoms with Crippen LogP contribution in [-0.2, 0) is 27.2 Å². The smallest absolute Gasteiger partial charge is 0.310 e. The fourth-order valence-corrected chi connectivity index (χ4v) is 4.52. The van der Waals surface area contributed by atoms with E-state index in [-0.39, 0.29) is 29.4 Å². The standard InChI is InChI=1S/C25H33N3O3/c1-3-23(20-12-11-18-8-5-6-9-19(18)14-20)27-24(29)22(15-26)17-28-13-7-10-21(16-28)25(30)31-4-2/h11-12,14,17,21,23H,3-10,13,16H2,1-2H3,(H,27,29)/b22-17-. The first-order chi connectivity index (χ1) is 15.0. The summed E-state index contributed by atoms with van der Waals surface area (Å²) in [5.41, 5.74) is 3.95. The van der Waals surface area contributed by atoms with E-state index in [1.807, 2.05) is 17.9 Å². The van der Waals surface area contributed by atoms with Crippen LogP contribution in [0.4, 0.5) is 0 Å². The molecule has 1 aromatic rings. The van der Waals surface area contributed by atoms with Crippen LogP contribution in [-0.4, -0.2) is 36.5 Å². The Balaban J connectivity index is 1.68. The quantitative estimate of drug-likeness (QED) is 0.410. The molecule has 0 spiro atoms. The highest BCUT2D eigenvalue weighted by atomic mass is 16.5. The Hall–Kier alpha value is -2.81.